The predicted molar refractivity (Wildman–Crippen MR) is 172 cm³/mol. The summed E-state index contributed by atoms with van der Waals surface area (Å²) >= 11 is 1.03. The number of anilines is 2. The van der Waals surface area contributed by atoms with E-state index in [2.05, 4.69) is 26.3 Å². The number of amides is 5. The molecule has 0 fully saturated rings. The van der Waals surface area contributed by atoms with Gasteiger partial charge in [-0.25, -0.2) is 14.6 Å². The Labute approximate surface area is 267 Å². The molecule has 6 N–H and O–H groups in total. The van der Waals surface area contributed by atoms with Crippen molar-refractivity contribution in [3.05, 3.63) is 40.4 Å². The summed E-state index contributed by atoms with van der Waals surface area (Å²) in [6.07, 6.45) is -1.12. The van der Waals surface area contributed by atoms with Gasteiger partial charge in [-0.05, 0) is 58.2 Å². The summed E-state index contributed by atoms with van der Waals surface area (Å²) in [6, 6.07) is 6.31. The highest BCUT2D eigenvalue weighted by atomic mass is 32.1. The number of hydrogen-bond acceptors (Lipinski definition) is 10. The number of nitrogens with one attached hydrogen (secondary N) is 4. The zero-order chi connectivity index (χ0) is 34.3. The lowest BCUT2D eigenvalue weighted by atomic mass is 9.90. The van der Waals surface area contributed by atoms with Crippen molar-refractivity contribution in [2.75, 3.05) is 24.7 Å². The van der Waals surface area contributed by atoms with E-state index in [1.807, 2.05) is 12.1 Å². The van der Waals surface area contributed by atoms with Crippen LogP contribution < -0.4 is 27.0 Å². The third-order valence-corrected chi connectivity index (χ3v) is 7.22. The van der Waals surface area contributed by atoms with Crippen molar-refractivity contribution >= 4 is 52.1 Å². The van der Waals surface area contributed by atoms with Gasteiger partial charge in [0.1, 0.15) is 10.9 Å². The van der Waals surface area contributed by atoms with E-state index in [0.717, 1.165) is 16.9 Å². The average Bonchev–Trinajstić information content (AvgIpc) is 3.27. The van der Waals surface area contributed by atoms with Crippen LogP contribution in [0.25, 0.3) is 0 Å². The summed E-state index contributed by atoms with van der Waals surface area (Å²) in [5.41, 5.74) is 5.62. The molecular weight excluding hydrogens is 602 g/mol. The molecule has 14 nitrogen and oxygen atoms in total. The van der Waals surface area contributed by atoms with E-state index >= 15 is 0 Å². The van der Waals surface area contributed by atoms with Crippen molar-refractivity contribution in [1.82, 2.24) is 20.5 Å². The standard InChI is InChI=1S/C30H45N7O7S/c1-17(24(40)37(9)10)32-23(39)22-21(34-26(45-22)33-18(2)38)16-13-19-11-14-20(15-12-19)35-30(28(3,4)5,43-25(31)41)44-27(42)36-29(6,7)8/h11-12,14-15,17,35H,13,16H2,1-10H3,(H2,31,41)(H,32,39)(H,36,42)(H,33,34,38)/t17-,30?/m0/s1. The second-order valence-corrected chi connectivity index (χ2v) is 13.8. The molecule has 15 heteroatoms. The van der Waals surface area contributed by atoms with Gasteiger partial charge in [-0.15, -0.1) is 0 Å². The molecule has 1 heterocycles. The molecule has 248 valence electrons. The zero-order valence-corrected chi connectivity index (χ0v) is 28.4. The molecule has 0 aliphatic carbocycles. The number of rotatable bonds is 11. The van der Waals surface area contributed by atoms with E-state index < -0.39 is 41.0 Å². The number of hydrogen-bond donors (Lipinski definition) is 5. The molecule has 1 aromatic heterocycles. The fourth-order valence-electron chi connectivity index (χ4n) is 3.99. The molecular formula is C30H45N7O7S. The Morgan fingerprint density at radius 2 is 1.58 bits per heavy atom. The van der Waals surface area contributed by atoms with Crippen molar-refractivity contribution in [3.8, 4) is 0 Å². The molecule has 0 aliphatic heterocycles. The predicted octanol–water partition coefficient (Wildman–Crippen LogP) is 3.83. The third kappa shape index (κ3) is 10.9. The van der Waals surface area contributed by atoms with Crippen LogP contribution in [0.1, 0.15) is 76.3 Å². The summed E-state index contributed by atoms with van der Waals surface area (Å²) < 4.78 is 11.1. The van der Waals surface area contributed by atoms with Crippen LogP contribution in [0.2, 0.25) is 0 Å². The molecule has 0 spiro atoms. The van der Waals surface area contributed by atoms with Crippen LogP contribution in [0, 0.1) is 5.41 Å². The van der Waals surface area contributed by atoms with Crippen molar-refractivity contribution in [1.29, 1.82) is 0 Å². The number of ether oxygens (including phenoxy) is 2. The number of likely N-dealkylation sites (N-methyl/N-ethyl adjacent to an activating group) is 1. The number of carbonyl (C=O) groups is 5. The van der Waals surface area contributed by atoms with Crippen molar-refractivity contribution < 1.29 is 33.4 Å². The highest BCUT2D eigenvalue weighted by Gasteiger charge is 2.50. The molecule has 2 rings (SSSR count). The average molecular weight is 648 g/mol. The van der Waals surface area contributed by atoms with Gasteiger partial charge in [-0.2, -0.15) is 0 Å². The van der Waals surface area contributed by atoms with Gasteiger partial charge in [0.15, 0.2) is 5.13 Å². The number of primary amides is 1. The number of alkyl carbamates (subject to hydrolysis) is 1. The third-order valence-electron chi connectivity index (χ3n) is 6.20. The highest BCUT2D eigenvalue weighted by molar-refractivity contribution is 7.17. The molecule has 2 atom stereocenters. The first-order valence-electron chi connectivity index (χ1n) is 14.3. The maximum atomic E-state index is 13.1. The summed E-state index contributed by atoms with van der Waals surface area (Å²) in [5.74, 6) is -3.01. The Bertz CT molecular complexity index is 1390. The molecule has 0 bridgehead atoms. The van der Waals surface area contributed by atoms with Gasteiger partial charge < -0.3 is 41.4 Å². The normalized spacial score (nSPS) is 13.5. The van der Waals surface area contributed by atoms with Crippen LogP contribution in [0.4, 0.5) is 20.4 Å². The number of thiazole rings is 1. The largest absolute Gasteiger partial charge is 0.412 e. The molecule has 0 radical (unpaired) electrons. The SMILES string of the molecule is CC(=O)Nc1nc(CCc2ccc(NC(OC(N)=O)(OC(=O)NC(C)(C)C)C(C)(C)C)cc2)c(C(=O)N[C@@H](C)C(=O)N(C)C)s1. The number of aromatic nitrogens is 1. The van der Waals surface area contributed by atoms with Gasteiger partial charge in [0.2, 0.25) is 11.8 Å². The van der Waals surface area contributed by atoms with E-state index in [0.29, 0.717) is 29.1 Å². The second-order valence-electron chi connectivity index (χ2n) is 12.8. The zero-order valence-electron chi connectivity index (χ0n) is 27.5. The van der Waals surface area contributed by atoms with Crippen LogP contribution in [-0.2, 0) is 31.9 Å². The van der Waals surface area contributed by atoms with Crippen molar-refractivity contribution in [2.45, 2.75) is 85.7 Å². The van der Waals surface area contributed by atoms with Crippen molar-refractivity contribution in [3.63, 3.8) is 0 Å². The van der Waals surface area contributed by atoms with E-state index in [4.69, 9.17) is 15.2 Å². The summed E-state index contributed by atoms with van der Waals surface area (Å²) in [7, 11) is 3.20. The molecule has 45 heavy (non-hydrogen) atoms. The van der Waals surface area contributed by atoms with Crippen LogP contribution >= 0.6 is 11.3 Å². The van der Waals surface area contributed by atoms with Crippen LogP contribution in [0.5, 0.6) is 0 Å². The Morgan fingerprint density at radius 1 is 0.978 bits per heavy atom. The molecule has 0 aliphatic rings. The summed E-state index contributed by atoms with van der Waals surface area (Å²) in [6.45, 7) is 13.4. The molecule has 1 unspecified atom stereocenters. The van der Waals surface area contributed by atoms with Gasteiger partial charge >= 0.3 is 18.1 Å². The smallest absolute Gasteiger partial charge is 0.387 e. The second kappa shape index (κ2) is 14.6. The lowest BCUT2D eigenvalue weighted by Crippen LogP contribution is -2.59. The number of nitrogens with two attached hydrogens (primary N) is 1. The van der Waals surface area contributed by atoms with E-state index in [1.165, 1.54) is 11.8 Å². The molecule has 0 saturated carbocycles. The molecule has 5 amide bonds. The molecule has 0 saturated heterocycles. The van der Waals surface area contributed by atoms with Crippen LogP contribution in [0.3, 0.4) is 0 Å². The number of aryl methyl sites for hydroxylation is 2. The lowest BCUT2D eigenvalue weighted by Gasteiger charge is -2.42. The van der Waals surface area contributed by atoms with Crippen molar-refractivity contribution in [2.24, 2.45) is 11.1 Å². The fraction of sp³-hybridized carbons (Fsp3) is 0.533. The van der Waals surface area contributed by atoms with Gasteiger partial charge in [0, 0.05) is 32.2 Å². The number of carbonyl (C=O) groups excluding carboxylic acids is 5. The maximum absolute atomic E-state index is 13.1. The van der Waals surface area contributed by atoms with E-state index in [1.54, 1.807) is 74.7 Å². The first kappa shape index (κ1) is 36.8. The molecule has 1 aromatic carbocycles. The topological polar surface area (TPSA) is 194 Å². The Balaban J connectivity index is 2.29. The van der Waals surface area contributed by atoms with E-state index in [9.17, 15) is 24.0 Å². The first-order valence-corrected chi connectivity index (χ1v) is 15.1. The maximum Gasteiger partial charge on any atom is 0.412 e. The summed E-state index contributed by atoms with van der Waals surface area (Å²) in [5, 5.41) is 11.3. The quantitative estimate of drug-likeness (QED) is 0.225. The Morgan fingerprint density at radius 3 is 2.07 bits per heavy atom. The number of nitrogens with zero attached hydrogens (tertiary/aromatic N) is 2. The lowest BCUT2D eigenvalue weighted by molar-refractivity contribution is -0.202. The Hall–Kier alpha value is -4.40. The fourth-order valence-corrected chi connectivity index (χ4v) is 4.95. The van der Waals surface area contributed by atoms with Gasteiger partial charge in [0.05, 0.1) is 11.1 Å². The van der Waals surface area contributed by atoms with Crippen LogP contribution in [0.15, 0.2) is 24.3 Å². The molecule has 2 aromatic rings. The van der Waals surface area contributed by atoms with Gasteiger partial charge in [0.25, 0.3) is 5.91 Å². The Kier molecular flexibility index (Phi) is 11.9. The first-order chi connectivity index (χ1) is 20.6. The van der Waals surface area contributed by atoms with E-state index in [-0.39, 0.29) is 16.9 Å². The highest BCUT2D eigenvalue weighted by Crippen LogP contribution is 2.37. The summed E-state index contributed by atoms with van der Waals surface area (Å²) in [4.78, 5) is 67.8. The monoisotopic (exact) mass is 647 g/mol. The minimum absolute atomic E-state index is 0.262. The number of benzene rings is 1. The minimum atomic E-state index is -1.95. The van der Waals surface area contributed by atoms with Crippen LogP contribution in [-0.4, -0.2) is 71.4 Å². The van der Waals surface area contributed by atoms with Gasteiger partial charge in [-0.1, -0.05) is 44.2 Å². The van der Waals surface area contributed by atoms with Gasteiger partial charge in [-0.3, -0.25) is 14.4 Å². The minimum Gasteiger partial charge on any atom is -0.387 e.